The van der Waals surface area contributed by atoms with Gasteiger partial charge in [-0.3, -0.25) is 9.69 Å². The molecule has 2 aliphatic rings. The molecule has 4 rings (SSSR count). The number of benzene rings is 2. The maximum atomic E-state index is 15.5. The summed E-state index contributed by atoms with van der Waals surface area (Å²) in [5, 5.41) is 0.318. The van der Waals surface area contributed by atoms with E-state index in [0.717, 1.165) is 24.7 Å². The highest BCUT2D eigenvalue weighted by Gasteiger charge is 2.37. The summed E-state index contributed by atoms with van der Waals surface area (Å²) in [5.41, 5.74) is 0.0672. The molecule has 0 aromatic heterocycles. The molecule has 1 atom stereocenters. The lowest BCUT2D eigenvalue weighted by atomic mass is 9.92. The van der Waals surface area contributed by atoms with Crippen molar-refractivity contribution in [3.63, 3.8) is 0 Å². The lowest BCUT2D eigenvalue weighted by molar-refractivity contribution is -0.0367. The van der Waals surface area contributed by atoms with Gasteiger partial charge in [0, 0.05) is 24.2 Å². The number of piperidine rings is 1. The van der Waals surface area contributed by atoms with Crippen LogP contribution in [-0.4, -0.2) is 50.8 Å². The molecule has 202 valence electrons. The van der Waals surface area contributed by atoms with Crippen molar-refractivity contribution < 1.29 is 31.1 Å². The van der Waals surface area contributed by atoms with Gasteiger partial charge in [-0.25, -0.2) is 26.3 Å². The molecule has 6 nitrogen and oxygen atoms in total. The predicted octanol–water partition coefficient (Wildman–Crippen LogP) is 5.27. The van der Waals surface area contributed by atoms with Gasteiger partial charge in [0.15, 0.2) is 0 Å². The summed E-state index contributed by atoms with van der Waals surface area (Å²) in [7, 11) is -3.84. The first-order chi connectivity index (χ1) is 17.3. The first kappa shape index (κ1) is 27.9. The standard InChI is InChI=1S/C26H30ClF3N2O4S/c1-16(18-9-20(27)12-21(28)10-18)32-7-5-26(30,6-8-32)15-36-14-19-11-24(29)23(13-22(19)17-3-4-17)25(33)31-37(2,34)35/h9-13,16-17H,3-8,14-15H2,1-2H3,(H,31,33)/t16-/m0/s1. The lowest BCUT2D eigenvalue weighted by Gasteiger charge is -2.39. The summed E-state index contributed by atoms with van der Waals surface area (Å²) in [6.07, 6.45) is 3.01. The number of sulfonamides is 1. The van der Waals surface area contributed by atoms with Gasteiger partial charge in [0.25, 0.3) is 5.91 Å². The molecular weight excluding hydrogens is 529 g/mol. The van der Waals surface area contributed by atoms with Crippen molar-refractivity contribution in [2.24, 2.45) is 0 Å². The van der Waals surface area contributed by atoms with Gasteiger partial charge in [-0.05, 0) is 85.5 Å². The fourth-order valence-corrected chi connectivity index (χ4v) is 5.43. The van der Waals surface area contributed by atoms with Gasteiger partial charge in [0.1, 0.15) is 17.3 Å². The molecule has 1 saturated carbocycles. The van der Waals surface area contributed by atoms with E-state index in [4.69, 9.17) is 16.3 Å². The summed E-state index contributed by atoms with van der Waals surface area (Å²) in [4.78, 5) is 14.3. The topological polar surface area (TPSA) is 75.7 Å². The predicted molar refractivity (Wildman–Crippen MR) is 135 cm³/mol. The van der Waals surface area contributed by atoms with E-state index in [1.54, 1.807) is 10.8 Å². The molecule has 0 spiro atoms. The van der Waals surface area contributed by atoms with Crippen LogP contribution < -0.4 is 4.72 Å². The maximum Gasteiger partial charge on any atom is 0.267 e. The van der Waals surface area contributed by atoms with Gasteiger partial charge in [-0.15, -0.1) is 0 Å². The first-order valence-electron chi connectivity index (χ1n) is 12.1. The van der Waals surface area contributed by atoms with E-state index in [-0.39, 0.29) is 43.6 Å². The van der Waals surface area contributed by atoms with Crippen molar-refractivity contribution in [3.8, 4) is 0 Å². The Bertz CT molecular complexity index is 1260. The third-order valence-electron chi connectivity index (χ3n) is 7.00. The Labute approximate surface area is 220 Å². The maximum absolute atomic E-state index is 15.5. The molecule has 0 unspecified atom stereocenters. The van der Waals surface area contributed by atoms with E-state index in [9.17, 15) is 22.0 Å². The molecule has 2 aromatic rings. The number of nitrogens with zero attached hydrogens (tertiary/aromatic N) is 1. The Balaban J connectivity index is 1.36. The number of halogens is 4. The van der Waals surface area contributed by atoms with Crippen LogP contribution in [0.25, 0.3) is 0 Å². The fraction of sp³-hybridized carbons (Fsp3) is 0.500. The van der Waals surface area contributed by atoms with Gasteiger partial charge in [-0.1, -0.05) is 11.6 Å². The minimum Gasteiger partial charge on any atom is -0.373 e. The zero-order valence-electron chi connectivity index (χ0n) is 20.7. The second-order valence-corrected chi connectivity index (χ2v) is 12.3. The smallest absolute Gasteiger partial charge is 0.267 e. The molecule has 2 fully saturated rings. The van der Waals surface area contributed by atoms with Crippen LogP contribution in [-0.2, 0) is 21.4 Å². The van der Waals surface area contributed by atoms with E-state index in [1.165, 1.54) is 24.3 Å². The fourth-order valence-electron chi connectivity index (χ4n) is 4.76. The number of hydrogen-bond donors (Lipinski definition) is 1. The normalized spacial score (nSPS) is 19.0. The number of amides is 1. The van der Waals surface area contributed by atoms with Crippen molar-refractivity contribution in [3.05, 3.63) is 69.2 Å². The number of hydrogen-bond acceptors (Lipinski definition) is 5. The molecule has 0 radical (unpaired) electrons. The molecule has 1 saturated heterocycles. The lowest BCUT2D eigenvalue weighted by Crippen LogP contribution is -2.45. The van der Waals surface area contributed by atoms with E-state index >= 15 is 4.39 Å². The minimum atomic E-state index is -3.84. The number of alkyl halides is 1. The summed E-state index contributed by atoms with van der Waals surface area (Å²) in [5.74, 6) is -2.17. The van der Waals surface area contributed by atoms with Gasteiger partial charge < -0.3 is 4.74 Å². The number of carbonyl (C=O) groups is 1. The largest absolute Gasteiger partial charge is 0.373 e. The van der Waals surface area contributed by atoms with Gasteiger partial charge in [0.05, 0.1) is 25.0 Å². The zero-order valence-corrected chi connectivity index (χ0v) is 22.3. The summed E-state index contributed by atoms with van der Waals surface area (Å²) >= 11 is 5.98. The van der Waals surface area contributed by atoms with E-state index in [1.807, 2.05) is 6.92 Å². The summed E-state index contributed by atoms with van der Waals surface area (Å²) < 4.78 is 74.2. The highest BCUT2D eigenvalue weighted by atomic mass is 35.5. The number of nitrogens with one attached hydrogen (secondary N) is 1. The molecule has 1 amide bonds. The second kappa shape index (κ2) is 10.9. The van der Waals surface area contributed by atoms with Crippen LogP contribution in [0.15, 0.2) is 30.3 Å². The SMILES string of the molecule is C[C@@H](c1cc(F)cc(Cl)c1)N1CCC(F)(COCc2cc(F)c(C(=O)NS(C)(=O)=O)cc2C2CC2)CC1. The quantitative estimate of drug-likeness (QED) is 0.454. The monoisotopic (exact) mass is 558 g/mol. The molecular formula is C26H30ClF3N2O4S. The van der Waals surface area contributed by atoms with Crippen molar-refractivity contribution in [2.45, 2.75) is 56.8 Å². The van der Waals surface area contributed by atoms with Crippen molar-refractivity contribution in [1.82, 2.24) is 9.62 Å². The molecule has 1 aliphatic carbocycles. The van der Waals surface area contributed by atoms with Crippen LogP contribution in [0.2, 0.25) is 5.02 Å². The van der Waals surface area contributed by atoms with Gasteiger partial charge >= 0.3 is 0 Å². The van der Waals surface area contributed by atoms with Gasteiger partial charge in [0.2, 0.25) is 10.0 Å². The van der Waals surface area contributed by atoms with Crippen molar-refractivity contribution >= 4 is 27.5 Å². The Morgan fingerprint density at radius 1 is 1.19 bits per heavy atom. The highest BCUT2D eigenvalue weighted by Crippen LogP contribution is 2.43. The van der Waals surface area contributed by atoms with Crippen LogP contribution in [0.3, 0.4) is 0 Å². The number of carbonyl (C=O) groups excluding carboxylic acids is 1. The zero-order chi connectivity index (χ0) is 27.0. The highest BCUT2D eigenvalue weighted by molar-refractivity contribution is 7.89. The number of rotatable bonds is 9. The summed E-state index contributed by atoms with van der Waals surface area (Å²) in [6.45, 7) is 2.66. The van der Waals surface area contributed by atoms with Gasteiger partial charge in [-0.2, -0.15) is 0 Å². The number of ether oxygens (including phenoxy) is 1. The Morgan fingerprint density at radius 2 is 1.86 bits per heavy atom. The Kier molecular flexibility index (Phi) is 8.23. The average Bonchev–Trinajstić information content (AvgIpc) is 3.62. The molecule has 0 bridgehead atoms. The van der Waals surface area contributed by atoms with Crippen LogP contribution in [0.1, 0.15) is 71.6 Å². The van der Waals surface area contributed by atoms with E-state index in [0.29, 0.717) is 29.2 Å². The molecule has 2 aromatic carbocycles. The van der Waals surface area contributed by atoms with Crippen molar-refractivity contribution in [1.29, 1.82) is 0 Å². The second-order valence-electron chi connectivity index (χ2n) is 10.1. The average molecular weight is 559 g/mol. The third kappa shape index (κ3) is 7.25. The molecule has 11 heteroatoms. The van der Waals surface area contributed by atoms with Crippen LogP contribution in [0.5, 0.6) is 0 Å². The Hall–Kier alpha value is -2.14. The molecule has 37 heavy (non-hydrogen) atoms. The van der Waals surface area contributed by atoms with Crippen LogP contribution >= 0.6 is 11.6 Å². The first-order valence-corrected chi connectivity index (χ1v) is 14.4. The minimum absolute atomic E-state index is 0.0235. The van der Waals surface area contributed by atoms with Crippen LogP contribution in [0, 0.1) is 11.6 Å². The van der Waals surface area contributed by atoms with Crippen molar-refractivity contribution in [2.75, 3.05) is 26.0 Å². The van der Waals surface area contributed by atoms with Crippen LogP contribution in [0.4, 0.5) is 13.2 Å². The molecule has 1 heterocycles. The Morgan fingerprint density at radius 3 is 2.46 bits per heavy atom. The summed E-state index contributed by atoms with van der Waals surface area (Å²) in [6, 6.07) is 6.81. The number of likely N-dealkylation sites (tertiary alicyclic amines) is 1. The van der Waals surface area contributed by atoms with E-state index < -0.39 is 33.2 Å². The third-order valence-corrected chi connectivity index (χ3v) is 7.77. The molecule has 1 N–H and O–H groups in total. The van der Waals surface area contributed by atoms with E-state index in [2.05, 4.69) is 4.90 Å². The molecule has 1 aliphatic heterocycles.